The molecule has 0 fully saturated rings. The van der Waals surface area contributed by atoms with E-state index in [1.165, 1.54) is 9.13 Å². The van der Waals surface area contributed by atoms with E-state index in [0.29, 0.717) is 5.92 Å². The lowest BCUT2D eigenvalue weighted by Gasteiger charge is -2.09. The second kappa shape index (κ2) is 6.40. The van der Waals surface area contributed by atoms with E-state index < -0.39 is 0 Å². The maximum absolute atomic E-state index is 3.52. The first-order valence-corrected chi connectivity index (χ1v) is 7.44. The SMILES string of the molecule is BrCC(CBr)Cc1ccc(I)cc1. The number of hydrogen-bond donors (Lipinski definition) is 0. The minimum Gasteiger partial charge on any atom is -0.0925 e. The molecule has 0 atom stereocenters. The summed E-state index contributed by atoms with van der Waals surface area (Å²) in [6.07, 6.45) is 1.15. The van der Waals surface area contributed by atoms with Gasteiger partial charge in [-0.05, 0) is 52.6 Å². The molecule has 0 radical (unpaired) electrons. The lowest BCUT2D eigenvalue weighted by Crippen LogP contribution is -2.07. The minimum absolute atomic E-state index is 0.695. The van der Waals surface area contributed by atoms with Crippen molar-refractivity contribution in [3.05, 3.63) is 33.4 Å². The zero-order valence-electron chi connectivity index (χ0n) is 7.14. The minimum atomic E-state index is 0.695. The van der Waals surface area contributed by atoms with Gasteiger partial charge in [-0.1, -0.05) is 44.0 Å². The van der Waals surface area contributed by atoms with Crippen molar-refractivity contribution < 1.29 is 0 Å². The fourth-order valence-electron chi connectivity index (χ4n) is 1.10. The van der Waals surface area contributed by atoms with Crippen LogP contribution in [0.1, 0.15) is 5.56 Å². The molecule has 0 spiro atoms. The molecule has 1 rings (SSSR count). The molecule has 0 saturated carbocycles. The number of alkyl halides is 2. The lowest BCUT2D eigenvalue weighted by molar-refractivity contribution is 0.679. The molecule has 0 N–H and O–H groups in total. The van der Waals surface area contributed by atoms with Gasteiger partial charge in [0.15, 0.2) is 0 Å². The van der Waals surface area contributed by atoms with E-state index in [1.807, 2.05) is 0 Å². The molecule has 0 bridgehead atoms. The fourth-order valence-corrected chi connectivity index (χ4v) is 2.99. The second-order valence-corrected chi connectivity index (χ2v) is 5.55. The Morgan fingerprint density at radius 3 is 2.08 bits per heavy atom. The summed E-state index contributed by atoms with van der Waals surface area (Å²) in [4.78, 5) is 0. The summed E-state index contributed by atoms with van der Waals surface area (Å²) in [6.45, 7) is 0. The highest BCUT2D eigenvalue weighted by Crippen LogP contribution is 2.15. The van der Waals surface area contributed by atoms with E-state index in [9.17, 15) is 0 Å². The van der Waals surface area contributed by atoms with Crippen molar-refractivity contribution in [3.63, 3.8) is 0 Å². The van der Waals surface area contributed by atoms with Crippen LogP contribution < -0.4 is 0 Å². The third-order valence-corrected chi connectivity index (χ3v) is 4.42. The van der Waals surface area contributed by atoms with Crippen molar-refractivity contribution in [1.82, 2.24) is 0 Å². The Balaban J connectivity index is 2.58. The monoisotopic (exact) mass is 416 g/mol. The van der Waals surface area contributed by atoms with E-state index in [0.717, 1.165) is 17.1 Å². The fraction of sp³-hybridized carbons (Fsp3) is 0.400. The Hall–Kier alpha value is 0.910. The van der Waals surface area contributed by atoms with Crippen molar-refractivity contribution in [3.8, 4) is 0 Å². The van der Waals surface area contributed by atoms with Crippen LogP contribution in [0.15, 0.2) is 24.3 Å². The first kappa shape index (κ1) is 12.0. The van der Waals surface area contributed by atoms with Gasteiger partial charge in [-0.15, -0.1) is 0 Å². The van der Waals surface area contributed by atoms with Crippen molar-refractivity contribution in [2.75, 3.05) is 10.7 Å². The van der Waals surface area contributed by atoms with Crippen LogP contribution in [-0.2, 0) is 6.42 Å². The van der Waals surface area contributed by atoms with Crippen LogP contribution in [0, 0.1) is 9.49 Å². The maximum Gasteiger partial charge on any atom is 0.0130 e. The summed E-state index contributed by atoms with van der Waals surface area (Å²) in [5.41, 5.74) is 1.42. The number of rotatable bonds is 4. The van der Waals surface area contributed by atoms with Crippen LogP contribution in [-0.4, -0.2) is 10.7 Å². The molecule has 0 nitrogen and oxygen atoms in total. The highest BCUT2D eigenvalue weighted by molar-refractivity contribution is 14.1. The van der Waals surface area contributed by atoms with E-state index in [2.05, 4.69) is 78.7 Å². The van der Waals surface area contributed by atoms with Crippen molar-refractivity contribution >= 4 is 54.5 Å². The Morgan fingerprint density at radius 2 is 1.62 bits per heavy atom. The van der Waals surface area contributed by atoms with Gasteiger partial charge in [-0.3, -0.25) is 0 Å². The molecular formula is C10H11Br2I. The number of hydrogen-bond acceptors (Lipinski definition) is 0. The molecule has 0 aliphatic carbocycles. The number of benzene rings is 1. The van der Waals surface area contributed by atoms with E-state index in [1.54, 1.807) is 0 Å². The highest BCUT2D eigenvalue weighted by atomic mass is 127. The largest absolute Gasteiger partial charge is 0.0925 e. The Kier molecular flexibility index (Phi) is 5.90. The predicted octanol–water partition coefficient (Wildman–Crippen LogP) is 4.24. The van der Waals surface area contributed by atoms with Gasteiger partial charge in [0.1, 0.15) is 0 Å². The van der Waals surface area contributed by atoms with Crippen LogP contribution in [0.2, 0.25) is 0 Å². The third kappa shape index (κ3) is 4.30. The van der Waals surface area contributed by atoms with Gasteiger partial charge in [-0.25, -0.2) is 0 Å². The zero-order valence-corrected chi connectivity index (χ0v) is 12.5. The van der Waals surface area contributed by atoms with E-state index >= 15 is 0 Å². The van der Waals surface area contributed by atoms with Crippen molar-refractivity contribution in [1.29, 1.82) is 0 Å². The third-order valence-electron chi connectivity index (χ3n) is 1.87. The van der Waals surface area contributed by atoms with Crippen LogP contribution >= 0.6 is 54.5 Å². The predicted molar refractivity (Wildman–Crippen MR) is 73.9 cm³/mol. The average Bonchev–Trinajstić information content (AvgIpc) is 2.17. The summed E-state index contributed by atoms with van der Waals surface area (Å²) >= 11 is 9.36. The van der Waals surface area contributed by atoms with Crippen LogP contribution in [0.5, 0.6) is 0 Å². The van der Waals surface area contributed by atoms with Crippen LogP contribution in [0.3, 0.4) is 0 Å². The van der Waals surface area contributed by atoms with E-state index in [4.69, 9.17) is 0 Å². The van der Waals surface area contributed by atoms with Gasteiger partial charge in [-0.2, -0.15) is 0 Å². The Morgan fingerprint density at radius 1 is 1.08 bits per heavy atom. The van der Waals surface area contributed by atoms with Gasteiger partial charge in [0.05, 0.1) is 0 Å². The van der Waals surface area contributed by atoms with Crippen molar-refractivity contribution in [2.24, 2.45) is 5.92 Å². The first-order chi connectivity index (χ1) is 6.26. The van der Waals surface area contributed by atoms with Crippen molar-refractivity contribution in [2.45, 2.75) is 6.42 Å². The zero-order chi connectivity index (χ0) is 9.68. The molecule has 0 aliphatic rings. The molecule has 0 heterocycles. The topological polar surface area (TPSA) is 0 Å². The molecule has 0 aromatic heterocycles. The Bertz CT molecular complexity index is 242. The summed E-state index contributed by atoms with van der Waals surface area (Å²) in [5, 5.41) is 2.12. The molecule has 72 valence electrons. The second-order valence-electron chi connectivity index (χ2n) is 3.01. The smallest absolute Gasteiger partial charge is 0.0130 e. The lowest BCUT2D eigenvalue weighted by atomic mass is 10.0. The quantitative estimate of drug-likeness (QED) is 0.508. The van der Waals surface area contributed by atoms with Crippen LogP contribution in [0.4, 0.5) is 0 Å². The van der Waals surface area contributed by atoms with Gasteiger partial charge < -0.3 is 0 Å². The molecule has 3 heteroatoms. The number of halogens is 3. The molecule has 1 aromatic carbocycles. The standard InChI is InChI=1S/C10H11Br2I/c11-6-9(7-12)5-8-1-3-10(13)4-2-8/h1-4,9H,5-7H2. The molecule has 0 aliphatic heterocycles. The summed E-state index contributed by atoms with van der Waals surface area (Å²) in [5.74, 6) is 0.695. The Labute approximate surface area is 110 Å². The van der Waals surface area contributed by atoms with Gasteiger partial charge in [0.2, 0.25) is 0 Å². The van der Waals surface area contributed by atoms with Crippen LogP contribution in [0.25, 0.3) is 0 Å². The molecule has 1 aromatic rings. The summed E-state index contributed by atoms with van der Waals surface area (Å²) in [7, 11) is 0. The normalized spacial score (nSPS) is 10.8. The van der Waals surface area contributed by atoms with E-state index in [-0.39, 0.29) is 0 Å². The highest BCUT2D eigenvalue weighted by Gasteiger charge is 2.05. The van der Waals surface area contributed by atoms with Gasteiger partial charge in [0.25, 0.3) is 0 Å². The molecule has 13 heavy (non-hydrogen) atoms. The van der Waals surface area contributed by atoms with Gasteiger partial charge >= 0.3 is 0 Å². The molecule has 0 saturated heterocycles. The maximum atomic E-state index is 3.52. The molecule has 0 amide bonds. The molecular weight excluding hydrogens is 407 g/mol. The average molecular weight is 418 g/mol. The molecule has 0 unspecified atom stereocenters. The summed E-state index contributed by atoms with van der Waals surface area (Å²) in [6, 6.07) is 8.74. The van der Waals surface area contributed by atoms with Gasteiger partial charge in [0, 0.05) is 14.2 Å². The first-order valence-electron chi connectivity index (χ1n) is 4.12. The summed E-state index contributed by atoms with van der Waals surface area (Å²) < 4.78 is 1.30.